The molecule has 0 bridgehead atoms. The number of hydrogen-bond acceptors (Lipinski definition) is 3. The first-order chi connectivity index (χ1) is 13.0. The Hall–Kier alpha value is -2.69. The summed E-state index contributed by atoms with van der Waals surface area (Å²) in [5.74, 6) is 0.573. The summed E-state index contributed by atoms with van der Waals surface area (Å²) in [6, 6.07) is 13.8. The summed E-state index contributed by atoms with van der Waals surface area (Å²) in [4.78, 5) is 31.2. The van der Waals surface area contributed by atoms with Crippen LogP contribution in [-0.2, 0) is 10.2 Å². The Morgan fingerprint density at radius 1 is 1.19 bits per heavy atom. The van der Waals surface area contributed by atoms with Crippen LogP contribution in [0.2, 0.25) is 0 Å². The number of likely N-dealkylation sites (tertiary alicyclic amines) is 1. The van der Waals surface area contributed by atoms with Crippen LogP contribution in [0.4, 0.5) is 5.82 Å². The minimum absolute atomic E-state index is 0.00109. The predicted octanol–water partition coefficient (Wildman–Crippen LogP) is 3.62. The normalized spacial score (nSPS) is 22.3. The summed E-state index contributed by atoms with van der Waals surface area (Å²) in [5, 5.41) is 2.82. The molecule has 1 aromatic heterocycles. The van der Waals surface area contributed by atoms with Crippen molar-refractivity contribution in [1.82, 2.24) is 9.88 Å². The standard InChI is InChI=1S/C22H25N3O2/c1-22(18-6-3-2-4-7-18)11-5-13-25(15-22)21(27)17-10-12-23-19(14-17)24-20(26)16-8-9-16/h2-4,6-7,10,12,14,16H,5,8-9,11,13,15H2,1H3,(H,23,24,26). The predicted molar refractivity (Wildman–Crippen MR) is 105 cm³/mol. The molecule has 2 fully saturated rings. The monoisotopic (exact) mass is 363 g/mol. The zero-order chi connectivity index (χ0) is 18.9. The Morgan fingerprint density at radius 3 is 2.70 bits per heavy atom. The van der Waals surface area contributed by atoms with Crippen molar-refractivity contribution < 1.29 is 9.59 Å². The van der Waals surface area contributed by atoms with E-state index in [1.807, 2.05) is 11.0 Å². The number of hydrogen-bond donors (Lipinski definition) is 1. The third kappa shape index (κ3) is 3.87. The third-order valence-corrected chi connectivity index (χ3v) is 5.66. The number of anilines is 1. The Balaban J connectivity index is 1.49. The molecule has 1 aliphatic carbocycles. The molecule has 140 valence electrons. The lowest BCUT2D eigenvalue weighted by Gasteiger charge is -2.41. The van der Waals surface area contributed by atoms with Gasteiger partial charge in [-0.05, 0) is 43.4 Å². The zero-order valence-corrected chi connectivity index (χ0v) is 15.6. The second-order valence-electron chi connectivity index (χ2n) is 7.95. The summed E-state index contributed by atoms with van der Waals surface area (Å²) in [6.07, 6.45) is 5.52. The number of amides is 2. The molecule has 4 rings (SSSR count). The Bertz CT molecular complexity index is 848. The SMILES string of the molecule is CC1(c2ccccc2)CCCN(C(=O)c2ccnc(NC(=O)C3CC3)c2)C1. The molecule has 1 aromatic carbocycles. The highest BCUT2D eigenvalue weighted by molar-refractivity contribution is 5.97. The molecule has 0 spiro atoms. The fourth-order valence-electron chi connectivity index (χ4n) is 3.88. The van der Waals surface area contributed by atoms with Gasteiger partial charge in [0.1, 0.15) is 5.82 Å². The van der Waals surface area contributed by atoms with E-state index in [0.29, 0.717) is 17.9 Å². The van der Waals surface area contributed by atoms with Crippen molar-refractivity contribution in [1.29, 1.82) is 0 Å². The Kier molecular flexibility index (Phi) is 4.68. The van der Waals surface area contributed by atoms with Gasteiger partial charge in [-0.1, -0.05) is 37.3 Å². The number of carbonyl (C=O) groups excluding carboxylic acids is 2. The first-order valence-corrected chi connectivity index (χ1v) is 9.67. The van der Waals surface area contributed by atoms with Crippen LogP contribution in [0.15, 0.2) is 48.7 Å². The molecule has 1 saturated carbocycles. The van der Waals surface area contributed by atoms with Gasteiger partial charge >= 0.3 is 0 Å². The van der Waals surface area contributed by atoms with E-state index in [0.717, 1.165) is 32.2 Å². The summed E-state index contributed by atoms with van der Waals surface area (Å²) >= 11 is 0. The average Bonchev–Trinajstić information content (AvgIpc) is 3.54. The van der Waals surface area contributed by atoms with Crippen LogP contribution in [0.5, 0.6) is 0 Å². The maximum atomic E-state index is 13.1. The molecule has 0 radical (unpaired) electrons. The third-order valence-electron chi connectivity index (χ3n) is 5.66. The molecule has 2 aromatic rings. The zero-order valence-electron chi connectivity index (χ0n) is 15.6. The van der Waals surface area contributed by atoms with Gasteiger partial charge in [0.25, 0.3) is 5.91 Å². The van der Waals surface area contributed by atoms with Gasteiger partial charge in [0.2, 0.25) is 5.91 Å². The first-order valence-electron chi connectivity index (χ1n) is 9.67. The van der Waals surface area contributed by atoms with Gasteiger partial charge in [-0.3, -0.25) is 9.59 Å². The van der Waals surface area contributed by atoms with Crippen molar-refractivity contribution in [3.8, 4) is 0 Å². The van der Waals surface area contributed by atoms with Gasteiger partial charge in [0.05, 0.1) is 0 Å². The topological polar surface area (TPSA) is 62.3 Å². The van der Waals surface area contributed by atoms with Crippen molar-refractivity contribution in [2.75, 3.05) is 18.4 Å². The minimum atomic E-state index is -0.0365. The van der Waals surface area contributed by atoms with Gasteiger partial charge in [-0.25, -0.2) is 4.98 Å². The number of piperidine rings is 1. The highest BCUT2D eigenvalue weighted by Crippen LogP contribution is 2.34. The largest absolute Gasteiger partial charge is 0.338 e. The van der Waals surface area contributed by atoms with E-state index in [2.05, 4.69) is 41.5 Å². The molecule has 1 atom stereocenters. The van der Waals surface area contributed by atoms with Gasteiger partial charge in [0, 0.05) is 36.2 Å². The molecular formula is C22H25N3O2. The van der Waals surface area contributed by atoms with E-state index in [1.54, 1.807) is 18.3 Å². The molecule has 5 heteroatoms. The van der Waals surface area contributed by atoms with E-state index in [-0.39, 0.29) is 23.1 Å². The first kappa shape index (κ1) is 17.7. The molecule has 2 aliphatic rings. The lowest BCUT2D eigenvalue weighted by molar-refractivity contribution is -0.117. The van der Waals surface area contributed by atoms with Crippen molar-refractivity contribution in [2.24, 2.45) is 5.92 Å². The number of benzene rings is 1. The number of pyridine rings is 1. The summed E-state index contributed by atoms with van der Waals surface area (Å²) in [5.41, 5.74) is 1.81. The summed E-state index contributed by atoms with van der Waals surface area (Å²) < 4.78 is 0. The summed E-state index contributed by atoms with van der Waals surface area (Å²) in [7, 11) is 0. The fourth-order valence-corrected chi connectivity index (χ4v) is 3.88. The van der Waals surface area contributed by atoms with Crippen molar-refractivity contribution in [2.45, 2.75) is 38.0 Å². The quantitative estimate of drug-likeness (QED) is 0.902. The van der Waals surface area contributed by atoms with Crippen LogP contribution in [-0.4, -0.2) is 34.8 Å². The van der Waals surface area contributed by atoms with Crippen LogP contribution in [0.3, 0.4) is 0 Å². The minimum Gasteiger partial charge on any atom is -0.338 e. The molecule has 2 heterocycles. The second-order valence-corrected chi connectivity index (χ2v) is 7.95. The van der Waals surface area contributed by atoms with E-state index >= 15 is 0 Å². The van der Waals surface area contributed by atoms with Crippen molar-refractivity contribution in [3.05, 3.63) is 59.8 Å². The lowest BCUT2D eigenvalue weighted by atomic mass is 9.76. The molecule has 1 aliphatic heterocycles. The van der Waals surface area contributed by atoms with Crippen LogP contribution in [0, 0.1) is 5.92 Å². The maximum Gasteiger partial charge on any atom is 0.254 e. The van der Waals surface area contributed by atoms with Gasteiger partial charge in [-0.15, -0.1) is 0 Å². The molecule has 1 saturated heterocycles. The second kappa shape index (κ2) is 7.14. The number of nitrogens with zero attached hydrogens (tertiary/aromatic N) is 2. The van der Waals surface area contributed by atoms with E-state index in [1.165, 1.54) is 5.56 Å². The smallest absolute Gasteiger partial charge is 0.254 e. The highest BCUT2D eigenvalue weighted by atomic mass is 16.2. The van der Waals surface area contributed by atoms with Crippen LogP contribution < -0.4 is 5.32 Å². The van der Waals surface area contributed by atoms with Crippen molar-refractivity contribution in [3.63, 3.8) is 0 Å². The van der Waals surface area contributed by atoms with Gasteiger partial charge < -0.3 is 10.2 Å². The van der Waals surface area contributed by atoms with Crippen LogP contribution >= 0.6 is 0 Å². The van der Waals surface area contributed by atoms with Crippen molar-refractivity contribution >= 4 is 17.6 Å². The van der Waals surface area contributed by atoms with Crippen LogP contribution in [0.1, 0.15) is 48.5 Å². The molecule has 2 amide bonds. The van der Waals surface area contributed by atoms with E-state index < -0.39 is 0 Å². The molecule has 5 nitrogen and oxygen atoms in total. The average molecular weight is 363 g/mol. The van der Waals surface area contributed by atoms with Gasteiger partial charge in [-0.2, -0.15) is 0 Å². The summed E-state index contributed by atoms with van der Waals surface area (Å²) in [6.45, 7) is 3.69. The lowest BCUT2D eigenvalue weighted by Crippen LogP contribution is -2.47. The molecular weight excluding hydrogens is 338 g/mol. The number of aromatic nitrogens is 1. The van der Waals surface area contributed by atoms with E-state index in [4.69, 9.17) is 0 Å². The highest BCUT2D eigenvalue weighted by Gasteiger charge is 2.35. The molecule has 1 unspecified atom stereocenters. The van der Waals surface area contributed by atoms with E-state index in [9.17, 15) is 9.59 Å². The Labute approximate surface area is 159 Å². The molecule has 27 heavy (non-hydrogen) atoms. The Morgan fingerprint density at radius 2 is 1.96 bits per heavy atom. The van der Waals surface area contributed by atoms with Gasteiger partial charge in [0.15, 0.2) is 0 Å². The molecule has 1 N–H and O–H groups in total. The fraction of sp³-hybridized carbons (Fsp3) is 0.409. The van der Waals surface area contributed by atoms with Crippen LogP contribution in [0.25, 0.3) is 0 Å². The number of nitrogens with one attached hydrogen (secondary N) is 1. The number of rotatable bonds is 4. The maximum absolute atomic E-state index is 13.1. The number of carbonyl (C=O) groups is 2.